The fraction of sp³-hybridized carbons (Fsp3) is 0.250. The Kier molecular flexibility index (Phi) is 6.32. The maximum atomic E-state index is 12.4. The lowest BCUT2D eigenvalue weighted by Crippen LogP contribution is -2.23. The van der Waals surface area contributed by atoms with Crippen molar-refractivity contribution in [1.29, 1.82) is 0 Å². The standard InChI is InChI=1S/C24H24N4O2S/c1-16-14-17(2)26-24(25-16)31-21-11-7-19(8-12-21)27-22(29)15-18-5-9-20(10-6-18)28-13-3-4-23(28)30/h5-12,14H,3-4,13,15H2,1-2H3,(H,27,29). The summed E-state index contributed by atoms with van der Waals surface area (Å²) < 4.78 is 0. The Bertz CT molecular complexity index is 1080. The molecular formula is C24H24N4O2S. The first-order valence-electron chi connectivity index (χ1n) is 10.3. The topological polar surface area (TPSA) is 75.2 Å². The molecule has 1 N–H and O–H groups in total. The van der Waals surface area contributed by atoms with Crippen LogP contribution in [-0.2, 0) is 16.0 Å². The highest BCUT2D eigenvalue weighted by atomic mass is 32.2. The fourth-order valence-corrected chi connectivity index (χ4v) is 4.42. The molecule has 1 aromatic heterocycles. The minimum Gasteiger partial charge on any atom is -0.326 e. The number of benzene rings is 2. The van der Waals surface area contributed by atoms with E-state index in [9.17, 15) is 9.59 Å². The van der Waals surface area contributed by atoms with E-state index in [4.69, 9.17) is 0 Å². The van der Waals surface area contributed by atoms with Gasteiger partial charge in [-0.05, 0) is 80.1 Å². The SMILES string of the molecule is Cc1cc(C)nc(Sc2ccc(NC(=O)Cc3ccc(N4CCCC4=O)cc3)cc2)n1. The van der Waals surface area contributed by atoms with E-state index in [2.05, 4.69) is 15.3 Å². The van der Waals surface area contributed by atoms with E-state index < -0.39 is 0 Å². The van der Waals surface area contributed by atoms with Gasteiger partial charge in [0.2, 0.25) is 11.8 Å². The third-order valence-electron chi connectivity index (χ3n) is 5.00. The van der Waals surface area contributed by atoms with Crippen LogP contribution in [-0.4, -0.2) is 28.3 Å². The van der Waals surface area contributed by atoms with Gasteiger partial charge in [0.1, 0.15) is 0 Å². The van der Waals surface area contributed by atoms with Crippen LogP contribution in [0.15, 0.2) is 64.6 Å². The second-order valence-corrected chi connectivity index (χ2v) is 8.64. The maximum absolute atomic E-state index is 12.4. The lowest BCUT2D eigenvalue weighted by atomic mass is 10.1. The van der Waals surface area contributed by atoms with Crippen molar-refractivity contribution < 1.29 is 9.59 Å². The Hall–Kier alpha value is -3.19. The lowest BCUT2D eigenvalue weighted by molar-refractivity contribution is -0.117. The summed E-state index contributed by atoms with van der Waals surface area (Å²) in [4.78, 5) is 36.0. The summed E-state index contributed by atoms with van der Waals surface area (Å²) in [6, 6.07) is 17.2. The number of carbonyl (C=O) groups is 2. The van der Waals surface area contributed by atoms with Crippen LogP contribution in [0.4, 0.5) is 11.4 Å². The van der Waals surface area contributed by atoms with Gasteiger partial charge < -0.3 is 10.2 Å². The van der Waals surface area contributed by atoms with Gasteiger partial charge >= 0.3 is 0 Å². The van der Waals surface area contributed by atoms with E-state index in [1.165, 1.54) is 11.8 Å². The number of amides is 2. The molecule has 7 heteroatoms. The van der Waals surface area contributed by atoms with Gasteiger partial charge in [-0.1, -0.05) is 12.1 Å². The zero-order valence-corrected chi connectivity index (χ0v) is 18.4. The summed E-state index contributed by atoms with van der Waals surface area (Å²) in [5.41, 5.74) is 4.44. The van der Waals surface area contributed by atoms with Gasteiger partial charge in [-0.25, -0.2) is 9.97 Å². The number of hydrogen-bond donors (Lipinski definition) is 1. The third kappa shape index (κ3) is 5.49. The number of nitrogens with zero attached hydrogens (tertiary/aromatic N) is 3. The zero-order valence-electron chi connectivity index (χ0n) is 17.6. The Morgan fingerprint density at radius 1 is 1.03 bits per heavy atom. The van der Waals surface area contributed by atoms with E-state index in [-0.39, 0.29) is 18.2 Å². The Morgan fingerprint density at radius 3 is 2.32 bits per heavy atom. The van der Waals surface area contributed by atoms with Crippen LogP contribution in [0.25, 0.3) is 0 Å². The van der Waals surface area contributed by atoms with Crippen LogP contribution in [0.2, 0.25) is 0 Å². The summed E-state index contributed by atoms with van der Waals surface area (Å²) in [5, 5.41) is 3.65. The monoisotopic (exact) mass is 432 g/mol. The van der Waals surface area contributed by atoms with E-state index >= 15 is 0 Å². The number of aryl methyl sites for hydroxylation is 2. The van der Waals surface area contributed by atoms with Gasteiger partial charge in [0.15, 0.2) is 5.16 Å². The third-order valence-corrected chi connectivity index (χ3v) is 5.87. The lowest BCUT2D eigenvalue weighted by Gasteiger charge is -2.15. The zero-order chi connectivity index (χ0) is 21.8. The second kappa shape index (κ2) is 9.31. The molecule has 1 aliphatic rings. The Labute approximate surface area is 186 Å². The highest BCUT2D eigenvalue weighted by Crippen LogP contribution is 2.26. The highest BCUT2D eigenvalue weighted by molar-refractivity contribution is 7.99. The summed E-state index contributed by atoms with van der Waals surface area (Å²) in [7, 11) is 0. The number of rotatable bonds is 6. The minimum atomic E-state index is -0.0805. The Morgan fingerprint density at radius 2 is 1.71 bits per heavy atom. The molecule has 4 rings (SSSR count). The van der Waals surface area contributed by atoms with Gasteiger partial charge in [-0.15, -0.1) is 0 Å². The molecule has 1 fully saturated rings. The molecule has 0 aliphatic carbocycles. The van der Waals surface area contributed by atoms with Crippen LogP contribution in [0, 0.1) is 13.8 Å². The van der Waals surface area contributed by atoms with Crippen molar-refractivity contribution in [3.63, 3.8) is 0 Å². The van der Waals surface area contributed by atoms with Crippen molar-refractivity contribution in [2.75, 3.05) is 16.8 Å². The van der Waals surface area contributed by atoms with Crippen LogP contribution >= 0.6 is 11.8 Å². The molecule has 0 bridgehead atoms. The molecule has 0 unspecified atom stereocenters. The first kappa shape index (κ1) is 21.1. The number of carbonyl (C=O) groups excluding carboxylic acids is 2. The average Bonchev–Trinajstić information content (AvgIpc) is 3.15. The molecule has 1 aliphatic heterocycles. The van der Waals surface area contributed by atoms with Crippen molar-refractivity contribution in [3.8, 4) is 0 Å². The molecule has 158 valence electrons. The largest absolute Gasteiger partial charge is 0.326 e. The molecule has 0 radical (unpaired) electrons. The quantitative estimate of drug-likeness (QED) is 0.578. The maximum Gasteiger partial charge on any atom is 0.228 e. The average molecular weight is 433 g/mol. The summed E-state index contributed by atoms with van der Waals surface area (Å²) in [6.07, 6.45) is 1.79. The first-order chi connectivity index (χ1) is 15.0. The molecule has 2 heterocycles. The van der Waals surface area contributed by atoms with Crippen LogP contribution in [0.3, 0.4) is 0 Å². The number of aromatic nitrogens is 2. The smallest absolute Gasteiger partial charge is 0.228 e. The highest BCUT2D eigenvalue weighted by Gasteiger charge is 2.21. The predicted molar refractivity (Wildman–Crippen MR) is 122 cm³/mol. The molecule has 0 saturated carbocycles. The van der Waals surface area contributed by atoms with Gasteiger partial charge in [0, 0.05) is 40.6 Å². The molecule has 0 spiro atoms. The van der Waals surface area contributed by atoms with Gasteiger partial charge in [0.25, 0.3) is 0 Å². The van der Waals surface area contributed by atoms with Crippen molar-refractivity contribution in [2.24, 2.45) is 0 Å². The normalized spacial score (nSPS) is 13.5. The molecule has 2 amide bonds. The van der Waals surface area contributed by atoms with Gasteiger partial charge in [-0.2, -0.15) is 0 Å². The van der Waals surface area contributed by atoms with E-state index in [0.29, 0.717) is 11.6 Å². The fourth-order valence-electron chi connectivity index (χ4n) is 3.56. The second-order valence-electron chi connectivity index (χ2n) is 7.60. The minimum absolute atomic E-state index is 0.0805. The van der Waals surface area contributed by atoms with E-state index in [0.717, 1.165) is 46.2 Å². The van der Waals surface area contributed by atoms with E-state index in [1.54, 1.807) is 4.90 Å². The Balaban J connectivity index is 1.32. The molecule has 6 nitrogen and oxygen atoms in total. The number of anilines is 2. The van der Waals surface area contributed by atoms with Crippen LogP contribution in [0.5, 0.6) is 0 Å². The molecule has 0 atom stereocenters. The summed E-state index contributed by atoms with van der Waals surface area (Å²) in [6.45, 7) is 4.68. The number of nitrogens with one attached hydrogen (secondary N) is 1. The van der Waals surface area contributed by atoms with Crippen molar-refractivity contribution in [1.82, 2.24) is 9.97 Å². The first-order valence-corrected chi connectivity index (χ1v) is 11.1. The van der Waals surface area contributed by atoms with Crippen LogP contribution < -0.4 is 10.2 Å². The van der Waals surface area contributed by atoms with Crippen molar-refractivity contribution in [2.45, 2.75) is 43.2 Å². The molecule has 2 aromatic carbocycles. The summed E-state index contributed by atoms with van der Waals surface area (Å²) in [5.74, 6) is 0.0826. The number of hydrogen-bond acceptors (Lipinski definition) is 5. The molecule has 31 heavy (non-hydrogen) atoms. The molecule has 1 saturated heterocycles. The molecular weight excluding hydrogens is 408 g/mol. The van der Waals surface area contributed by atoms with Crippen LogP contribution in [0.1, 0.15) is 29.8 Å². The summed E-state index contributed by atoms with van der Waals surface area (Å²) >= 11 is 1.50. The molecule has 3 aromatic rings. The van der Waals surface area contributed by atoms with Gasteiger partial charge in [0.05, 0.1) is 6.42 Å². The van der Waals surface area contributed by atoms with E-state index in [1.807, 2.05) is 68.4 Å². The van der Waals surface area contributed by atoms with Crippen molar-refractivity contribution >= 4 is 35.0 Å². The predicted octanol–water partition coefficient (Wildman–Crippen LogP) is 4.55. The van der Waals surface area contributed by atoms with Crippen molar-refractivity contribution in [3.05, 3.63) is 71.5 Å². The van der Waals surface area contributed by atoms with Gasteiger partial charge in [-0.3, -0.25) is 9.59 Å².